The van der Waals surface area contributed by atoms with Crippen molar-refractivity contribution < 1.29 is 19.2 Å². The van der Waals surface area contributed by atoms with Gasteiger partial charge in [-0.2, -0.15) is 0 Å². The third-order valence-corrected chi connectivity index (χ3v) is 4.72. The average Bonchev–Trinajstić information content (AvgIpc) is 2.68. The highest BCUT2D eigenvalue weighted by molar-refractivity contribution is 6.31. The van der Waals surface area contributed by atoms with Gasteiger partial charge >= 0.3 is 0 Å². The Hall–Kier alpha value is -3.13. The van der Waals surface area contributed by atoms with E-state index in [0.717, 1.165) is 5.56 Å². The molecular formula is C20H22ClN3O5. The molecule has 9 heteroatoms. The molecule has 2 aromatic rings. The van der Waals surface area contributed by atoms with Crippen LogP contribution in [0.2, 0.25) is 5.02 Å². The Morgan fingerprint density at radius 3 is 2.45 bits per heavy atom. The fraction of sp³-hybridized carbons (Fsp3) is 0.300. The summed E-state index contributed by atoms with van der Waals surface area (Å²) in [7, 11) is 3.13. The highest BCUT2D eigenvalue weighted by Gasteiger charge is 2.21. The van der Waals surface area contributed by atoms with Crippen molar-refractivity contribution in [3.8, 4) is 5.75 Å². The molecule has 0 spiro atoms. The van der Waals surface area contributed by atoms with Crippen molar-refractivity contribution in [3.63, 3.8) is 0 Å². The van der Waals surface area contributed by atoms with Gasteiger partial charge in [-0.3, -0.25) is 19.7 Å². The van der Waals surface area contributed by atoms with Gasteiger partial charge < -0.3 is 15.0 Å². The van der Waals surface area contributed by atoms with E-state index in [0.29, 0.717) is 16.3 Å². The van der Waals surface area contributed by atoms with Crippen LogP contribution in [-0.2, 0) is 16.1 Å². The zero-order valence-electron chi connectivity index (χ0n) is 16.3. The first-order chi connectivity index (χ1) is 13.7. The predicted molar refractivity (Wildman–Crippen MR) is 109 cm³/mol. The number of carbonyl (C=O) groups excluding carboxylic acids is 2. The summed E-state index contributed by atoms with van der Waals surface area (Å²) in [6, 6.07) is 10.6. The molecule has 29 heavy (non-hydrogen) atoms. The Morgan fingerprint density at radius 2 is 1.90 bits per heavy atom. The first-order valence-electron chi connectivity index (χ1n) is 8.79. The second kappa shape index (κ2) is 9.88. The van der Waals surface area contributed by atoms with Crippen LogP contribution in [0.5, 0.6) is 5.75 Å². The van der Waals surface area contributed by atoms with Crippen molar-refractivity contribution in [3.05, 3.63) is 68.7 Å². The number of hydrogen-bond acceptors (Lipinski definition) is 5. The number of nitro groups is 1. The monoisotopic (exact) mass is 419 g/mol. The van der Waals surface area contributed by atoms with Crippen LogP contribution in [0.4, 0.5) is 5.69 Å². The molecule has 1 N–H and O–H groups in total. The molecule has 1 atom stereocenters. The molecule has 0 saturated carbocycles. The maximum atomic E-state index is 12.7. The Labute approximate surface area is 173 Å². The highest BCUT2D eigenvalue weighted by atomic mass is 35.5. The molecule has 2 rings (SSSR count). The summed E-state index contributed by atoms with van der Waals surface area (Å²) < 4.78 is 5.13. The Kier molecular flexibility index (Phi) is 7.55. The molecule has 2 amide bonds. The smallest absolute Gasteiger partial charge is 0.269 e. The lowest BCUT2D eigenvalue weighted by Gasteiger charge is -2.23. The molecule has 0 unspecified atom stereocenters. The van der Waals surface area contributed by atoms with Gasteiger partial charge in [0.15, 0.2) is 0 Å². The summed E-state index contributed by atoms with van der Waals surface area (Å²) >= 11 is 6.12. The van der Waals surface area contributed by atoms with Gasteiger partial charge in [-0.25, -0.2) is 0 Å². The second-order valence-corrected chi connectivity index (χ2v) is 6.92. The number of halogens is 1. The third-order valence-electron chi connectivity index (χ3n) is 4.35. The standard InChI is InChI=1S/C20H22ClN3O5/c1-13(25)22-19(14-4-7-17(29-3)8-5-14)11-20(26)23(2)12-15-10-16(24(27)28)6-9-18(15)21/h4-10,19H,11-12H2,1-3H3,(H,22,25)/t19-/m0/s1. The molecule has 0 aliphatic rings. The zero-order valence-corrected chi connectivity index (χ0v) is 17.1. The van der Waals surface area contributed by atoms with Crippen molar-refractivity contribution in [2.75, 3.05) is 14.2 Å². The van der Waals surface area contributed by atoms with Crippen LogP contribution in [0.3, 0.4) is 0 Å². The number of carbonyl (C=O) groups is 2. The van der Waals surface area contributed by atoms with Crippen LogP contribution in [0, 0.1) is 10.1 Å². The molecule has 0 saturated heterocycles. The van der Waals surface area contributed by atoms with Crippen LogP contribution in [0.25, 0.3) is 0 Å². The predicted octanol–water partition coefficient (Wildman–Crippen LogP) is 3.48. The summed E-state index contributed by atoms with van der Waals surface area (Å²) in [6.07, 6.45) is 0.0228. The van der Waals surface area contributed by atoms with E-state index in [1.165, 1.54) is 30.0 Å². The van der Waals surface area contributed by atoms with Crippen molar-refractivity contribution >= 4 is 29.1 Å². The molecule has 154 valence electrons. The second-order valence-electron chi connectivity index (χ2n) is 6.51. The van der Waals surface area contributed by atoms with Gasteiger partial charge in [0.2, 0.25) is 11.8 Å². The Balaban J connectivity index is 2.14. The van der Waals surface area contributed by atoms with Gasteiger partial charge in [0.1, 0.15) is 5.75 Å². The highest BCUT2D eigenvalue weighted by Crippen LogP contribution is 2.25. The third kappa shape index (κ3) is 6.18. The fourth-order valence-electron chi connectivity index (χ4n) is 2.80. The quantitative estimate of drug-likeness (QED) is 0.521. The minimum atomic E-state index is -0.520. The zero-order chi connectivity index (χ0) is 21.6. The normalized spacial score (nSPS) is 11.4. The van der Waals surface area contributed by atoms with Crippen LogP contribution in [0.1, 0.15) is 30.5 Å². The van der Waals surface area contributed by atoms with E-state index >= 15 is 0 Å². The van der Waals surface area contributed by atoms with Crippen molar-refractivity contribution in [2.24, 2.45) is 0 Å². The largest absolute Gasteiger partial charge is 0.497 e. The molecule has 0 fully saturated rings. The van der Waals surface area contributed by atoms with E-state index < -0.39 is 11.0 Å². The fourth-order valence-corrected chi connectivity index (χ4v) is 2.98. The summed E-state index contributed by atoms with van der Waals surface area (Å²) in [5.74, 6) is 0.157. The minimum absolute atomic E-state index is 0.0228. The summed E-state index contributed by atoms with van der Waals surface area (Å²) in [6.45, 7) is 1.49. The number of ether oxygens (including phenoxy) is 1. The molecule has 0 radical (unpaired) electrons. The average molecular weight is 420 g/mol. The van der Waals surface area contributed by atoms with Crippen molar-refractivity contribution in [1.82, 2.24) is 10.2 Å². The topological polar surface area (TPSA) is 102 Å². The SMILES string of the molecule is COc1ccc([C@H](CC(=O)N(C)Cc2cc([N+](=O)[O-])ccc2Cl)NC(C)=O)cc1. The van der Waals surface area contributed by atoms with Crippen LogP contribution in [-0.4, -0.2) is 35.8 Å². The number of methoxy groups -OCH3 is 1. The lowest BCUT2D eigenvalue weighted by atomic mass is 10.0. The molecular weight excluding hydrogens is 398 g/mol. The van der Waals surface area contributed by atoms with E-state index in [4.69, 9.17) is 16.3 Å². The van der Waals surface area contributed by atoms with E-state index in [2.05, 4.69) is 5.32 Å². The summed E-state index contributed by atoms with van der Waals surface area (Å²) in [5, 5.41) is 14.1. The van der Waals surface area contributed by atoms with E-state index in [1.807, 2.05) is 0 Å². The first kappa shape index (κ1) is 22.2. The molecule has 2 aromatic carbocycles. The van der Waals surface area contributed by atoms with Crippen molar-refractivity contribution in [2.45, 2.75) is 25.9 Å². The maximum absolute atomic E-state index is 12.7. The number of nitrogens with zero attached hydrogens (tertiary/aromatic N) is 2. The molecule has 8 nitrogen and oxygen atoms in total. The summed E-state index contributed by atoms with van der Waals surface area (Å²) in [5.41, 5.74) is 1.13. The lowest BCUT2D eigenvalue weighted by molar-refractivity contribution is -0.384. The molecule has 0 heterocycles. The molecule has 0 aliphatic heterocycles. The van der Waals surface area contributed by atoms with Crippen LogP contribution >= 0.6 is 11.6 Å². The number of amides is 2. The van der Waals surface area contributed by atoms with Gasteiger partial charge in [0.25, 0.3) is 5.69 Å². The Morgan fingerprint density at radius 1 is 1.24 bits per heavy atom. The number of nitro benzene ring substituents is 1. The maximum Gasteiger partial charge on any atom is 0.269 e. The first-order valence-corrected chi connectivity index (χ1v) is 9.17. The van der Waals surface area contributed by atoms with Gasteiger partial charge in [-0.05, 0) is 29.3 Å². The van der Waals surface area contributed by atoms with E-state index in [9.17, 15) is 19.7 Å². The lowest BCUT2D eigenvalue weighted by Crippen LogP contribution is -2.33. The van der Waals surface area contributed by atoms with Crippen LogP contribution in [0.15, 0.2) is 42.5 Å². The molecule has 0 aromatic heterocycles. The van der Waals surface area contributed by atoms with E-state index in [-0.39, 0.29) is 30.5 Å². The molecule has 0 aliphatic carbocycles. The minimum Gasteiger partial charge on any atom is -0.497 e. The molecule has 0 bridgehead atoms. The van der Waals surface area contributed by atoms with E-state index in [1.54, 1.807) is 38.4 Å². The number of hydrogen-bond donors (Lipinski definition) is 1. The Bertz CT molecular complexity index is 901. The number of rotatable bonds is 8. The van der Waals surface area contributed by atoms with Gasteiger partial charge in [0, 0.05) is 37.7 Å². The number of non-ortho nitro benzene ring substituents is 1. The number of nitrogens with one attached hydrogen (secondary N) is 1. The number of benzene rings is 2. The summed E-state index contributed by atoms with van der Waals surface area (Å²) in [4.78, 5) is 36.2. The van der Waals surface area contributed by atoms with Crippen LogP contribution < -0.4 is 10.1 Å². The van der Waals surface area contributed by atoms with Crippen molar-refractivity contribution in [1.29, 1.82) is 0 Å². The van der Waals surface area contributed by atoms with Gasteiger partial charge in [0.05, 0.1) is 24.5 Å². The van der Waals surface area contributed by atoms with Gasteiger partial charge in [-0.15, -0.1) is 0 Å². The van der Waals surface area contributed by atoms with Gasteiger partial charge in [-0.1, -0.05) is 23.7 Å².